The molecule has 2 aromatic carbocycles. The zero-order chi connectivity index (χ0) is 34.5. The second kappa shape index (κ2) is 15.5. The summed E-state index contributed by atoms with van der Waals surface area (Å²) >= 11 is 14.2. The quantitative estimate of drug-likeness (QED) is 0.145. The van der Waals surface area contributed by atoms with Crippen molar-refractivity contribution in [2.24, 2.45) is 0 Å². The normalized spacial score (nSPS) is 14.5. The van der Waals surface area contributed by atoms with Crippen LogP contribution in [0.15, 0.2) is 77.9 Å². The highest BCUT2D eigenvalue weighted by atomic mass is 35.5. The molecule has 12 heteroatoms. The largest absolute Gasteiger partial charge is 0.481 e. The SMILES string of the molecule is COc1nc(-c2cccc(-c3cccc(-c4ccn5c(=O)c(CN(C)CCCO)cnc5c4)c3Cl)c2Cl)ccc1CNC[C@H]1CCC(=O)N1. The second-order valence-corrected chi connectivity index (χ2v) is 12.9. The van der Waals surface area contributed by atoms with Crippen LogP contribution in [-0.4, -0.2) is 70.2 Å². The second-order valence-electron chi connectivity index (χ2n) is 12.2. The van der Waals surface area contributed by atoms with E-state index in [1.807, 2.05) is 72.6 Å². The maximum absolute atomic E-state index is 13.2. The Morgan fingerprint density at radius 1 is 1.02 bits per heavy atom. The van der Waals surface area contributed by atoms with Crippen molar-refractivity contribution in [1.82, 2.24) is 29.9 Å². The van der Waals surface area contributed by atoms with Gasteiger partial charge in [0.05, 0.1) is 28.4 Å². The van der Waals surface area contributed by atoms with E-state index in [1.54, 1.807) is 19.5 Å². The number of hydrogen-bond donors (Lipinski definition) is 3. The number of carbonyl (C=O) groups excluding carboxylic acids is 1. The Morgan fingerprint density at radius 3 is 2.47 bits per heavy atom. The fraction of sp³-hybridized carbons (Fsp3) is 0.297. The van der Waals surface area contributed by atoms with Crippen LogP contribution in [0.5, 0.6) is 5.88 Å². The first-order chi connectivity index (χ1) is 23.8. The number of amides is 1. The summed E-state index contributed by atoms with van der Waals surface area (Å²) in [5, 5.41) is 16.5. The minimum atomic E-state index is -0.135. The third-order valence-electron chi connectivity index (χ3n) is 8.72. The summed E-state index contributed by atoms with van der Waals surface area (Å²) in [5.74, 6) is 0.586. The van der Waals surface area contributed by atoms with Gasteiger partial charge in [-0.3, -0.25) is 14.0 Å². The molecule has 3 N–H and O–H groups in total. The number of aliphatic hydroxyl groups is 1. The molecule has 1 saturated heterocycles. The molecule has 0 unspecified atom stereocenters. The van der Waals surface area contributed by atoms with Gasteiger partial charge in [0.15, 0.2) is 0 Å². The molecule has 0 radical (unpaired) electrons. The van der Waals surface area contributed by atoms with Crippen molar-refractivity contribution in [3.8, 4) is 39.4 Å². The average Bonchev–Trinajstić information content (AvgIpc) is 3.53. The standard InChI is InChI=1S/C37H38Cl2N6O4/c1-44(15-5-17-46)22-25-20-41-32-18-23(14-16-45(32)37(25)48)27-6-3-7-28(34(27)38)29-8-4-9-30(35(29)39)31-12-10-24(36(43-31)49-2)19-40-21-26-11-13-33(47)42-26/h3-4,6-10,12,14,16,18,20,26,40,46H,5,11,13,15,17,19,21-22H2,1-2H3,(H,42,47)/t26-/m1/s1. The third kappa shape index (κ3) is 7.64. The number of rotatable bonds is 13. The molecule has 1 aliphatic heterocycles. The first-order valence-corrected chi connectivity index (χ1v) is 16.9. The number of pyridine rings is 2. The lowest BCUT2D eigenvalue weighted by Gasteiger charge is -2.16. The predicted octanol–water partition coefficient (Wildman–Crippen LogP) is 5.59. The van der Waals surface area contributed by atoms with Gasteiger partial charge in [-0.25, -0.2) is 9.97 Å². The van der Waals surface area contributed by atoms with E-state index in [1.165, 1.54) is 4.40 Å². The van der Waals surface area contributed by atoms with Gasteiger partial charge in [0.1, 0.15) is 5.65 Å². The van der Waals surface area contributed by atoms with E-state index in [9.17, 15) is 9.59 Å². The molecule has 49 heavy (non-hydrogen) atoms. The molecule has 0 aliphatic carbocycles. The van der Waals surface area contributed by atoms with Crippen LogP contribution in [0.25, 0.3) is 39.2 Å². The number of benzene rings is 2. The van der Waals surface area contributed by atoms with E-state index < -0.39 is 0 Å². The Bertz CT molecular complexity index is 2050. The van der Waals surface area contributed by atoms with E-state index in [-0.39, 0.29) is 24.1 Å². The van der Waals surface area contributed by atoms with Gasteiger partial charge in [-0.2, -0.15) is 0 Å². The van der Waals surface area contributed by atoms with Gasteiger partial charge in [-0.05, 0) is 43.7 Å². The lowest BCUT2D eigenvalue weighted by molar-refractivity contribution is -0.119. The van der Waals surface area contributed by atoms with Crippen molar-refractivity contribution in [1.29, 1.82) is 0 Å². The first-order valence-electron chi connectivity index (χ1n) is 16.2. The van der Waals surface area contributed by atoms with Gasteiger partial charge in [-0.15, -0.1) is 0 Å². The highest BCUT2D eigenvalue weighted by molar-refractivity contribution is 6.39. The molecular weight excluding hydrogens is 663 g/mol. The number of halogens is 2. The molecular formula is C37H38Cl2N6O4. The van der Waals surface area contributed by atoms with Crippen LogP contribution in [0, 0.1) is 0 Å². The Balaban J connectivity index is 1.25. The van der Waals surface area contributed by atoms with Crippen LogP contribution in [0.2, 0.25) is 10.0 Å². The maximum Gasteiger partial charge on any atom is 0.262 e. The maximum atomic E-state index is 13.2. The van der Waals surface area contributed by atoms with Crippen LogP contribution in [0.4, 0.5) is 0 Å². The number of fused-ring (bicyclic) bond motifs is 1. The van der Waals surface area contributed by atoms with Crippen molar-refractivity contribution in [2.45, 2.75) is 38.4 Å². The number of aliphatic hydroxyl groups excluding tert-OH is 1. The summed E-state index contributed by atoms with van der Waals surface area (Å²) < 4.78 is 7.18. The van der Waals surface area contributed by atoms with Gasteiger partial charge < -0.3 is 25.4 Å². The number of ether oxygens (including phenoxy) is 1. The smallest absolute Gasteiger partial charge is 0.262 e. The summed E-state index contributed by atoms with van der Waals surface area (Å²) in [4.78, 5) is 36.1. The Hall–Kier alpha value is -4.32. The molecule has 0 bridgehead atoms. The number of hydrogen-bond acceptors (Lipinski definition) is 8. The zero-order valence-electron chi connectivity index (χ0n) is 27.4. The number of aromatic nitrogens is 3. The van der Waals surface area contributed by atoms with Crippen molar-refractivity contribution >= 4 is 34.8 Å². The van der Waals surface area contributed by atoms with Gasteiger partial charge in [0.2, 0.25) is 11.8 Å². The van der Waals surface area contributed by atoms with E-state index in [0.717, 1.165) is 39.8 Å². The van der Waals surface area contributed by atoms with Gasteiger partial charge in [0, 0.05) is 85.5 Å². The predicted molar refractivity (Wildman–Crippen MR) is 193 cm³/mol. The lowest BCUT2D eigenvalue weighted by atomic mass is 9.97. The van der Waals surface area contributed by atoms with Crippen LogP contribution in [-0.2, 0) is 17.9 Å². The summed E-state index contributed by atoms with van der Waals surface area (Å²) in [6, 6.07) is 19.3. The van der Waals surface area contributed by atoms with Gasteiger partial charge >= 0.3 is 0 Å². The van der Waals surface area contributed by atoms with Crippen LogP contribution in [0.3, 0.4) is 0 Å². The Labute approximate surface area is 294 Å². The average molecular weight is 702 g/mol. The zero-order valence-corrected chi connectivity index (χ0v) is 28.9. The van der Waals surface area contributed by atoms with Gasteiger partial charge in [0.25, 0.3) is 5.56 Å². The van der Waals surface area contributed by atoms with Crippen molar-refractivity contribution in [3.63, 3.8) is 0 Å². The van der Waals surface area contributed by atoms with Crippen molar-refractivity contribution < 1.29 is 14.6 Å². The molecule has 0 saturated carbocycles. The van der Waals surface area contributed by atoms with Crippen LogP contribution >= 0.6 is 23.2 Å². The van der Waals surface area contributed by atoms with E-state index in [2.05, 4.69) is 15.6 Å². The first kappa shape index (κ1) is 34.5. The van der Waals surface area contributed by atoms with Crippen molar-refractivity contribution in [3.05, 3.63) is 105 Å². The van der Waals surface area contributed by atoms with E-state index in [0.29, 0.717) is 71.9 Å². The molecule has 6 rings (SSSR count). The summed E-state index contributed by atoms with van der Waals surface area (Å²) in [6.07, 6.45) is 5.37. The minimum absolute atomic E-state index is 0.0937. The third-order valence-corrected chi connectivity index (χ3v) is 9.53. The molecule has 1 amide bonds. The minimum Gasteiger partial charge on any atom is -0.481 e. The highest BCUT2D eigenvalue weighted by Crippen LogP contribution is 2.42. The summed E-state index contributed by atoms with van der Waals surface area (Å²) in [7, 11) is 3.50. The Kier molecular flexibility index (Phi) is 10.9. The molecule has 1 fully saturated rings. The number of methoxy groups -OCH3 is 1. The molecule has 4 heterocycles. The Morgan fingerprint density at radius 2 is 1.76 bits per heavy atom. The van der Waals surface area contributed by atoms with Gasteiger partial charge in [-0.1, -0.05) is 65.7 Å². The molecule has 5 aromatic rings. The molecule has 0 spiro atoms. The molecule has 3 aromatic heterocycles. The number of nitrogens with one attached hydrogen (secondary N) is 2. The lowest BCUT2D eigenvalue weighted by Crippen LogP contribution is -2.35. The van der Waals surface area contributed by atoms with Crippen molar-refractivity contribution in [2.75, 3.05) is 33.9 Å². The van der Waals surface area contributed by atoms with Crippen LogP contribution < -0.4 is 20.9 Å². The fourth-order valence-corrected chi connectivity index (χ4v) is 6.80. The number of nitrogens with zero attached hydrogens (tertiary/aromatic N) is 4. The highest BCUT2D eigenvalue weighted by Gasteiger charge is 2.21. The molecule has 10 nitrogen and oxygen atoms in total. The molecule has 254 valence electrons. The fourth-order valence-electron chi connectivity index (χ4n) is 6.14. The number of carbonyl (C=O) groups is 1. The van der Waals surface area contributed by atoms with E-state index in [4.69, 9.17) is 38.0 Å². The topological polar surface area (TPSA) is 121 Å². The van der Waals surface area contributed by atoms with E-state index >= 15 is 0 Å². The monoisotopic (exact) mass is 700 g/mol. The summed E-state index contributed by atoms with van der Waals surface area (Å²) in [6.45, 7) is 2.44. The molecule has 1 aliphatic rings. The molecule has 1 atom stereocenters. The summed E-state index contributed by atoms with van der Waals surface area (Å²) in [5.41, 5.74) is 6.34. The van der Waals surface area contributed by atoms with Crippen LogP contribution in [0.1, 0.15) is 30.4 Å².